The van der Waals surface area contributed by atoms with Crippen LogP contribution in [0.1, 0.15) is 34.2 Å². The minimum atomic E-state index is -0.314. The molecule has 0 aliphatic carbocycles. The lowest BCUT2D eigenvalue weighted by molar-refractivity contribution is 0.414. The molecule has 6 aromatic carbocycles. The van der Waals surface area contributed by atoms with Gasteiger partial charge in [-0.2, -0.15) is 0 Å². The van der Waals surface area contributed by atoms with Crippen LogP contribution in [0.4, 0.5) is 37.2 Å². The first kappa shape index (κ1) is 54.0. The van der Waals surface area contributed by atoms with Crippen LogP contribution in [0.5, 0.6) is 5.75 Å². The van der Waals surface area contributed by atoms with Crippen molar-refractivity contribution in [3.05, 3.63) is 173 Å². The SMILES string of the molecule is CN1CCCc2cc(Cl)ccc21.CN1CCc2c(Cl)cccc21.CN1CCc2c1ccc(Cl)c2Cl.CN1CCc2c1ccc(F)c2Cl.COc1ccc2c(c1Cl)CCN2C.Cn1ccc2c(F)cccc21. The Kier molecular flexibility index (Phi) is 18.5. The number of nitrogens with zero attached hydrogens (tertiary/aromatic N) is 6. The van der Waals surface area contributed by atoms with Crippen molar-refractivity contribution in [2.24, 2.45) is 7.05 Å². The summed E-state index contributed by atoms with van der Waals surface area (Å²) >= 11 is 35.8. The highest BCUT2D eigenvalue weighted by atomic mass is 35.5. The number of rotatable bonds is 1. The van der Waals surface area contributed by atoms with E-state index in [0.717, 1.165) is 101 Å². The van der Waals surface area contributed by atoms with Crippen molar-refractivity contribution >= 4 is 109 Å². The highest BCUT2D eigenvalue weighted by molar-refractivity contribution is 6.42. The topological polar surface area (TPSA) is 30.4 Å². The van der Waals surface area contributed by atoms with Crippen LogP contribution in [0.2, 0.25) is 30.1 Å². The summed E-state index contributed by atoms with van der Waals surface area (Å²) in [5, 5.41) is 4.89. The number of benzene rings is 6. The van der Waals surface area contributed by atoms with Crippen LogP contribution in [0.25, 0.3) is 10.9 Å². The molecule has 7 nitrogen and oxygen atoms in total. The summed E-state index contributed by atoms with van der Waals surface area (Å²) in [5.74, 6) is 0.310. The first-order chi connectivity index (χ1) is 34.0. The predicted molar refractivity (Wildman–Crippen MR) is 301 cm³/mol. The molecule has 0 bridgehead atoms. The first-order valence-electron chi connectivity index (χ1n) is 23.6. The molecular weight excluding hydrogens is 1020 g/mol. The normalized spacial score (nSPS) is 14.5. The van der Waals surface area contributed by atoms with Crippen molar-refractivity contribution < 1.29 is 13.5 Å². The van der Waals surface area contributed by atoms with E-state index >= 15 is 0 Å². The molecule has 0 saturated heterocycles. The third kappa shape index (κ3) is 12.5. The Hall–Kier alpha value is -4.74. The number of aromatic nitrogens is 1. The van der Waals surface area contributed by atoms with E-state index in [-0.39, 0.29) is 16.7 Å². The van der Waals surface area contributed by atoms with Crippen molar-refractivity contribution in [1.82, 2.24) is 4.57 Å². The number of anilines is 5. The molecule has 0 amide bonds. The van der Waals surface area contributed by atoms with E-state index in [1.807, 2.05) is 67.3 Å². The lowest BCUT2D eigenvalue weighted by Crippen LogP contribution is -2.24. The van der Waals surface area contributed by atoms with Gasteiger partial charge in [-0.3, -0.25) is 0 Å². The summed E-state index contributed by atoms with van der Waals surface area (Å²) in [7, 11) is 13.9. The molecule has 0 spiro atoms. The molecule has 12 rings (SSSR count). The quantitative estimate of drug-likeness (QED) is 0.163. The molecular formula is C56H60Cl6F2N6O. The van der Waals surface area contributed by atoms with Gasteiger partial charge in [-0.25, -0.2) is 8.78 Å². The van der Waals surface area contributed by atoms with Gasteiger partial charge in [0.2, 0.25) is 0 Å². The number of likely N-dealkylation sites (N-methyl/N-ethyl adjacent to an activating group) is 4. The lowest BCUT2D eigenvalue weighted by Gasteiger charge is -2.27. The monoisotopic (exact) mass is 1080 g/mol. The van der Waals surface area contributed by atoms with E-state index < -0.39 is 0 Å². The average molecular weight is 1080 g/mol. The molecule has 15 heteroatoms. The molecule has 0 N–H and O–H groups in total. The molecule has 0 radical (unpaired) electrons. The van der Waals surface area contributed by atoms with Gasteiger partial charge in [-0.05, 0) is 151 Å². The third-order valence-corrected chi connectivity index (χ3v) is 15.8. The fourth-order valence-corrected chi connectivity index (χ4v) is 10.9. The van der Waals surface area contributed by atoms with E-state index in [0.29, 0.717) is 10.4 Å². The third-order valence-electron chi connectivity index (χ3n) is 13.5. The van der Waals surface area contributed by atoms with Gasteiger partial charge in [0, 0.05) is 125 Å². The van der Waals surface area contributed by atoms with E-state index in [9.17, 15) is 8.78 Å². The van der Waals surface area contributed by atoms with E-state index in [1.54, 1.807) is 25.3 Å². The molecule has 0 saturated carbocycles. The summed E-state index contributed by atoms with van der Waals surface area (Å²) in [5.41, 5.74) is 13.1. The lowest BCUT2D eigenvalue weighted by atomic mass is 10.0. The maximum absolute atomic E-state index is 13.0. The van der Waals surface area contributed by atoms with Crippen LogP contribution in [0.3, 0.4) is 0 Å². The summed E-state index contributed by atoms with van der Waals surface area (Å²) in [6.45, 7) is 5.27. The van der Waals surface area contributed by atoms with Crippen LogP contribution in [-0.4, -0.2) is 79.6 Å². The van der Waals surface area contributed by atoms with Crippen molar-refractivity contribution in [2.45, 2.75) is 38.5 Å². The van der Waals surface area contributed by atoms with Crippen LogP contribution in [-0.2, 0) is 39.2 Å². The van der Waals surface area contributed by atoms with Crippen molar-refractivity contribution in [1.29, 1.82) is 0 Å². The van der Waals surface area contributed by atoms with Gasteiger partial charge in [-0.15, -0.1) is 0 Å². The second-order valence-electron chi connectivity index (χ2n) is 18.1. The first-order valence-corrected chi connectivity index (χ1v) is 25.9. The number of aryl methyl sites for hydroxylation is 2. The van der Waals surface area contributed by atoms with Crippen molar-refractivity contribution in [3.8, 4) is 5.75 Å². The van der Waals surface area contributed by atoms with Gasteiger partial charge in [0.1, 0.15) is 17.4 Å². The van der Waals surface area contributed by atoms with Gasteiger partial charge in [0.25, 0.3) is 0 Å². The van der Waals surface area contributed by atoms with E-state index in [1.165, 1.54) is 70.0 Å². The van der Waals surface area contributed by atoms with Gasteiger partial charge in [0.15, 0.2) is 0 Å². The fourth-order valence-electron chi connectivity index (χ4n) is 9.47. The smallest absolute Gasteiger partial charge is 0.142 e. The van der Waals surface area contributed by atoms with Gasteiger partial charge >= 0.3 is 0 Å². The molecule has 1 aromatic heterocycles. The highest BCUT2D eigenvalue weighted by Gasteiger charge is 2.23. The zero-order valence-corrected chi connectivity index (χ0v) is 45.7. The highest BCUT2D eigenvalue weighted by Crippen LogP contribution is 2.40. The molecule has 5 aliphatic rings. The molecule has 0 atom stereocenters. The molecule has 71 heavy (non-hydrogen) atoms. The number of hydrogen-bond acceptors (Lipinski definition) is 6. The largest absolute Gasteiger partial charge is 0.495 e. The number of ether oxygens (including phenoxy) is 1. The zero-order valence-electron chi connectivity index (χ0n) is 41.2. The molecule has 0 fully saturated rings. The van der Waals surface area contributed by atoms with E-state index in [4.69, 9.17) is 74.3 Å². The van der Waals surface area contributed by atoms with Crippen LogP contribution >= 0.6 is 69.6 Å². The van der Waals surface area contributed by atoms with Gasteiger partial charge in [0.05, 0.1) is 32.7 Å². The zero-order chi connectivity index (χ0) is 51.1. The second kappa shape index (κ2) is 24.3. The Bertz CT molecular complexity index is 2920. The van der Waals surface area contributed by atoms with E-state index in [2.05, 4.69) is 77.0 Å². The number of fused-ring (bicyclic) bond motifs is 6. The van der Waals surface area contributed by atoms with Crippen LogP contribution in [0, 0.1) is 11.6 Å². The minimum Gasteiger partial charge on any atom is -0.495 e. The molecule has 6 heterocycles. The fraction of sp³-hybridized carbons (Fsp3) is 0.321. The molecule has 7 aromatic rings. The number of hydrogen-bond donors (Lipinski definition) is 0. The maximum atomic E-state index is 13.0. The van der Waals surface area contributed by atoms with Gasteiger partial charge in [-0.1, -0.05) is 81.7 Å². The minimum absolute atomic E-state index is 0.150. The van der Waals surface area contributed by atoms with Crippen molar-refractivity contribution in [2.75, 3.05) is 99.6 Å². The standard InChI is InChI=1S/C10H12ClNO.C10H12ClN.C9H9Cl2N.C9H9ClFN.C9H10ClN.C9H8FN/c1-12-6-5-7-8(12)3-4-9(13-2)10(7)11;1-12-6-2-3-8-7-9(11)4-5-10(8)12;1-12-5-4-6-8(12)3-2-7(10)9(6)11;1-12-5-4-6-8(12)3-2-7(11)9(6)10;2*1-11-6-5-7-8(10)3-2-4-9(7)11/h3-4H,5-6H2,1-2H3;4-5,7H,2-3,6H2,1H3;2*2-3H,4-5H2,1H3;2-4H,5-6H2,1H3;2-6H,1H3. The Morgan fingerprint density at radius 1 is 0.451 bits per heavy atom. The Morgan fingerprint density at radius 3 is 1.58 bits per heavy atom. The summed E-state index contributed by atoms with van der Waals surface area (Å²) < 4.78 is 33.0. The Labute approximate surface area is 447 Å². The summed E-state index contributed by atoms with van der Waals surface area (Å²) in [6, 6.07) is 30.2. The number of methoxy groups -OCH3 is 1. The van der Waals surface area contributed by atoms with Crippen LogP contribution in [0.15, 0.2) is 103 Å². The Morgan fingerprint density at radius 2 is 0.972 bits per heavy atom. The number of halogens is 8. The molecule has 0 unspecified atom stereocenters. The van der Waals surface area contributed by atoms with Crippen molar-refractivity contribution in [3.63, 3.8) is 0 Å². The Balaban J connectivity index is 0.000000125. The molecule has 5 aliphatic heterocycles. The summed E-state index contributed by atoms with van der Waals surface area (Å²) in [4.78, 5) is 11.0. The molecule has 376 valence electrons. The average Bonchev–Trinajstić information content (AvgIpc) is 4.21. The van der Waals surface area contributed by atoms with Crippen LogP contribution < -0.4 is 29.2 Å². The second-order valence-corrected chi connectivity index (χ2v) is 20.5. The summed E-state index contributed by atoms with van der Waals surface area (Å²) in [6.07, 6.45) is 8.22. The van der Waals surface area contributed by atoms with Gasteiger partial charge < -0.3 is 33.8 Å². The maximum Gasteiger partial charge on any atom is 0.142 e. The predicted octanol–water partition coefficient (Wildman–Crippen LogP) is 15.2.